The van der Waals surface area contributed by atoms with Crippen molar-refractivity contribution in [1.29, 1.82) is 5.26 Å². The van der Waals surface area contributed by atoms with Crippen LogP contribution >= 0.6 is 0 Å². The van der Waals surface area contributed by atoms with E-state index in [2.05, 4.69) is 48.5 Å². The molecule has 2 heteroatoms. The number of rotatable bonds is 5. The minimum Gasteiger partial charge on any atom is -0.356 e. The highest BCUT2D eigenvalue weighted by Gasteiger charge is 2.28. The van der Waals surface area contributed by atoms with Crippen LogP contribution in [-0.4, -0.2) is 12.2 Å². The predicted octanol–water partition coefficient (Wildman–Crippen LogP) is 5.39. The first kappa shape index (κ1) is 16.2. The fourth-order valence-corrected chi connectivity index (χ4v) is 2.83. The molecule has 0 bridgehead atoms. The molecule has 0 saturated heterocycles. The van der Waals surface area contributed by atoms with E-state index in [1.165, 1.54) is 11.1 Å². The fourth-order valence-electron chi connectivity index (χ4n) is 2.83. The quantitative estimate of drug-likeness (QED) is 0.741. The van der Waals surface area contributed by atoms with Gasteiger partial charge in [-0.15, -0.1) is 0 Å². The Morgan fingerprint density at radius 2 is 1.67 bits per heavy atom. The van der Waals surface area contributed by atoms with E-state index < -0.39 is 5.60 Å². The smallest absolute Gasteiger partial charge is 0.176 e. The largest absolute Gasteiger partial charge is 0.356 e. The second kappa shape index (κ2) is 7.29. The zero-order valence-electron chi connectivity index (χ0n) is 13.9. The lowest BCUT2D eigenvalue weighted by Gasteiger charge is -2.25. The van der Waals surface area contributed by atoms with Crippen molar-refractivity contribution in [2.45, 2.75) is 25.4 Å². The Morgan fingerprint density at radius 1 is 1.00 bits per heavy atom. The molecule has 0 aromatic heterocycles. The van der Waals surface area contributed by atoms with Crippen molar-refractivity contribution in [3.63, 3.8) is 0 Å². The van der Waals surface area contributed by atoms with Gasteiger partial charge in [0.15, 0.2) is 5.60 Å². The topological polar surface area (TPSA) is 33.0 Å². The molecule has 0 radical (unpaired) electrons. The van der Waals surface area contributed by atoms with Crippen molar-refractivity contribution in [3.8, 4) is 17.2 Å². The first-order chi connectivity index (χ1) is 11.8. The maximum absolute atomic E-state index is 9.43. The van der Waals surface area contributed by atoms with E-state index in [-0.39, 0.29) is 0 Å². The molecule has 1 atom stereocenters. The minimum absolute atomic E-state index is 0.593. The maximum Gasteiger partial charge on any atom is 0.176 e. The number of hydrogen-bond donors (Lipinski definition) is 0. The van der Waals surface area contributed by atoms with Gasteiger partial charge in [-0.1, -0.05) is 73.7 Å². The molecular formula is C22H21NO. The van der Waals surface area contributed by atoms with Gasteiger partial charge >= 0.3 is 0 Å². The summed E-state index contributed by atoms with van der Waals surface area (Å²) >= 11 is 0. The summed E-state index contributed by atoms with van der Waals surface area (Å²) in [6, 6.07) is 21.2. The maximum atomic E-state index is 9.43. The third-order valence-electron chi connectivity index (χ3n) is 4.24. The van der Waals surface area contributed by atoms with Gasteiger partial charge in [-0.3, -0.25) is 0 Å². The number of hydrogen-bond acceptors (Lipinski definition) is 2. The van der Waals surface area contributed by atoms with Crippen molar-refractivity contribution in [2.75, 3.05) is 6.61 Å². The summed E-state index contributed by atoms with van der Waals surface area (Å²) in [7, 11) is 0. The van der Waals surface area contributed by atoms with Gasteiger partial charge in [-0.05, 0) is 34.8 Å². The summed E-state index contributed by atoms with van der Waals surface area (Å²) in [4.78, 5) is 0. The molecule has 2 aromatic rings. The fraction of sp³-hybridized carbons (Fsp3) is 0.227. The van der Waals surface area contributed by atoms with Crippen LogP contribution in [0.1, 0.15) is 25.3 Å². The van der Waals surface area contributed by atoms with Gasteiger partial charge in [0.05, 0.1) is 0 Å². The summed E-state index contributed by atoms with van der Waals surface area (Å²) in [5.74, 6) is 0. The molecule has 0 aliphatic heterocycles. The lowest BCUT2D eigenvalue weighted by Crippen LogP contribution is -2.29. The van der Waals surface area contributed by atoms with Crippen molar-refractivity contribution in [1.82, 2.24) is 0 Å². The number of benzene rings is 2. The molecule has 0 fully saturated rings. The molecule has 0 heterocycles. The van der Waals surface area contributed by atoms with E-state index in [1.807, 2.05) is 37.3 Å². The van der Waals surface area contributed by atoms with E-state index in [0.717, 1.165) is 17.6 Å². The van der Waals surface area contributed by atoms with Crippen LogP contribution in [0, 0.1) is 11.3 Å². The van der Waals surface area contributed by atoms with Crippen molar-refractivity contribution in [3.05, 3.63) is 78.4 Å². The molecule has 0 amide bonds. The second-order valence-corrected chi connectivity index (χ2v) is 5.99. The van der Waals surface area contributed by atoms with Crippen LogP contribution in [0.5, 0.6) is 0 Å². The number of ether oxygens (including phenoxy) is 1. The first-order valence-electron chi connectivity index (χ1n) is 8.37. The van der Waals surface area contributed by atoms with Gasteiger partial charge in [0.2, 0.25) is 0 Å². The average Bonchev–Trinajstić information content (AvgIpc) is 2.68. The standard InChI is InChI=1S/C22H21NO/c1-2-16-24-22(17-23)14-12-21(13-15-22)20-10-8-19(9-11-20)18-6-4-3-5-7-18/h3-14H,2,15-16H2,1H3. The van der Waals surface area contributed by atoms with Gasteiger partial charge in [-0.25, -0.2) is 0 Å². The summed E-state index contributed by atoms with van der Waals surface area (Å²) in [6.07, 6.45) is 7.49. The summed E-state index contributed by atoms with van der Waals surface area (Å²) in [5, 5.41) is 9.43. The summed E-state index contributed by atoms with van der Waals surface area (Å²) in [5.41, 5.74) is 3.92. The van der Waals surface area contributed by atoms with E-state index in [0.29, 0.717) is 13.0 Å². The van der Waals surface area contributed by atoms with Crippen LogP contribution in [-0.2, 0) is 4.74 Å². The second-order valence-electron chi connectivity index (χ2n) is 5.99. The highest BCUT2D eigenvalue weighted by atomic mass is 16.5. The Balaban J connectivity index is 1.76. The molecule has 1 aliphatic rings. The highest BCUT2D eigenvalue weighted by Crippen LogP contribution is 2.30. The van der Waals surface area contributed by atoms with E-state index in [4.69, 9.17) is 4.74 Å². The van der Waals surface area contributed by atoms with Crippen LogP contribution in [0.2, 0.25) is 0 Å². The molecule has 3 rings (SSSR count). The van der Waals surface area contributed by atoms with Crippen LogP contribution in [0.25, 0.3) is 16.7 Å². The lowest BCUT2D eigenvalue weighted by atomic mass is 9.90. The third kappa shape index (κ3) is 3.48. The van der Waals surface area contributed by atoms with Crippen molar-refractivity contribution >= 4 is 5.57 Å². The molecular weight excluding hydrogens is 294 g/mol. The van der Waals surface area contributed by atoms with Gasteiger partial charge < -0.3 is 4.74 Å². The lowest BCUT2D eigenvalue weighted by molar-refractivity contribution is 0.0353. The monoisotopic (exact) mass is 315 g/mol. The van der Waals surface area contributed by atoms with Crippen LogP contribution in [0.15, 0.2) is 72.8 Å². The van der Waals surface area contributed by atoms with E-state index in [9.17, 15) is 5.26 Å². The number of allylic oxidation sites excluding steroid dienone is 2. The molecule has 0 N–H and O–H groups in total. The minimum atomic E-state index is -0.802. The Morgan fingerprint density at radius 3 is 2.25 bits per heavy atom. The average molecular weight is 315 g/mol. The van der Waals surface area contributed by atoms with Crippen LogP contribution in [0.4, 0.5) is 0 Å². The highest BCUT2D eigenvalue weighted by molar-refractivity contribution is 5.77. The Labute approximate surface area is 143 Å². The van der Waals surface area contributed by atoms with Gasteiger partial charge in [0.1, 0.15) is 6.07 Å². The normalized spacial score (nSPS) is 19.6. The van der Waals surface area contributed by atoms with Gasteiger partial charge in [0.25, 0.3) is 0 Å². The van der Waals surface area contributed by atoms with Crippen molar-refractivity contribution in [2.24, 2.45) is 0 Å². The number of nitriles is 1. The molecule has 24 heavy (non-hydrogen) atoms. The summed E-state index contributed by atoms with van der Waals surface area (Å²) in [6.45, 7) is 2.65. The number of nitrogens with zero attached hydrogens (tertiary/aromatic N) is 1. The molecule has 2 aromatic carbocycles. The Hall–Kier alpha value is -2.63. The SMILES string of the molecule is CCCOC1(C#N)C=CC(c2ccc(-c3ccccc3)cc2)=CC1. The zero-order valence-corrected chi connectivity index (χ0v) is 13.9. The Kier molecular flexibility index (Phi) is 4.93. The molecule has 1 aliphatic carbocycles. The Bertz CT molecular complexity index is 781. The van der Waals surface area contributed by atoms with Crippen molar-refractivity contribution < 1.29 is 4.74 Å². The molecule has 120 valence electrons. The molecule has 2 nitrogen and oxygen atoms in total. The molecule has 0 spiro atoms. The first-order valence-corrected chi connectivity index (χ1v) is 8.37. The van der Waals surface area contributed by atoms with Gasteiger partial charge in [0, 0.05) is 13.0 Å². The van der Waals surface area contributed by atoms with Gasteiger partial charge in [-0.2, -0.15) is 5.26 Å². The van der Waals surface area contributed by atoms with E-state index >= 15 is 0 Å². The molecule has 1 unspecified atom stereocenters. The van der Waals surface area contributed by atoms with Crippen LogP contribution in [0.3, 0.4) is 0 Å². The van der Waals surface area contributed by atoms with E-state index in [1.54, 1.807) is 0 Å². The summed E-state index contributed by atoms with van der Waals surface area (Å²) < 4.78 is 5.74. The predicted molar refractivity (Wildman–Crippen MR) is 98.2 cm³/mol. The third-order valence-corrected chi connectivity index (χ3v) is 4.24. The van der Waals surface area contributed by atoms with Crippen LogP contribution < -0.4 is 0 Å². The zero-order chi connectivity index (χ0) is 16.8. The molecule has 0 saturated carbocycles.